The third-order valence-corrected chi connectivity index (χ3v) is 5.48. The zero-order valence-corrected chi connectivity index (χ0v) is 16.1. The Morgan fingerprint density at radius 3 is 2.25 bits per heavy atom. The van der Waals surface area contributed by atoms with Crippen LogP contribution in [-0.4, -0.2) is 41.7 Å². The molecule has 1 aliphatic carbocycles. The molecule has 3 rings (SSSR count). The number of nitrogens with zero attached hydrogens (tertiary/aromatic N) is 1. The molecular formula is C21H26N2O5. The molecule has 28 heavy (non-hydrogen) atoms. The molecule has 1 saturated heterocycles. The highest BCUT2D eigenvalue weighted by Gasteiger charge is 2.47. The molecule has 150 valence electrons. The normalized spacial score (nSPS) is 21.4. The van der Waals surface area contributed by atoms with Gasteiger partial charge in [0.05, 0.1) is 18.3 Å². The number of amides is 3. The fourth-order valence-corrected chi connectivity index (χ4v) is 3.89. The number of ether oxygens (including phenoxy) is 1. The summed E-state index contributed by atoms with van der Waals surface area (Å²) in [5, 5.41) is 2.66. The molecular weight excluding hydrogens is 360 g/mol. The van der Waals surface area contributed by atoms with Crippen molar-refractivity contribution in [2.75, 3.05) is 18.5 Å². The van der Waals surface area contributed by atoms with Crippen LogP contribution in [-0.2, 0) is 30.3 Å². The standard InChI is InChI=1S/C21H26N2O5/c1-2-14-7-9-15(10-8-14)22-18(24)13-28-19(25)11-12-23-20(26)16-5-3-4-6-17(16)21(23)27/h7-10,16-17H,2-6,11-13H2,1H3,(H,22,24)/t16-,17+. The summed E-state index contributed by atoms with van der Waals surface area (Å²) in [6.45, 7) is 1.66. The van der Waals surface area contributed by atoms with Crippen molar-refractivity contribution in [1.82, 2.24) is 4.90 Å². The van der Waals surface area contributed by atoms with Gasteiger partial charge in [0, 0.05) is 12.2 Å². The first-order chi connectivity index (χ1) is 13.5. The number of anilines is 1. The number of nitrogens with one attached hydrogen (secondary N) is 1. The van der Waals surface area contributed by atoms with E-state index in [1.807, 2.05) is 19.1 Å². The monoisotopic (exact) mass is 386 g/mol. The number of rotatable bonds is 7. The van der Waals surface area contributed by atoms with E-state index in [9.17, 15) is 19.2 Å². The average Bonchev–Trinajstić information content (AvgIpc) is 2.96. The third kappa shape index (κ3) is 4.58. The number of carbonyl (C=O) groups is 4. The molecule has 0 bridgehead atoms. The summed E-state index contributed by atoms with van der Waals surface area (Å²) in [5.74, 6) is -1.82. The van der Waals surface area contributed by atoms with Gasteiger partial charge in [-0.25, -0.2) is 0 Å². The summed E-state index contributed by atoms with van der Waals surface area (Å²) >= 11 is 0. The highest BCUT2D eigenvalue weighted by Crippen LogP contribution is 2.37. The van der Waals surface area contributed by atoms with Gasteiger partial charge >= 0.3 is 5.97 Å². The van der Waals surface area contributed by atoms with Crippen LogP contribution < -0.4 is 5.32 Å². The lowest BCUT2D eigenvalue weighted by atomic mass is 9.81. The minimum absolute atomic E-state index is 0.0175. The zero-order valence-electron chi connectivity index (χ0n) is 16.1. The van der Waals surface area contributed by atoms with Crippen LogP contribution in [0.4, 0.5) is 5.69 Å². The third-order valence-electron chi connectivity index (χ3n) is 5.48. The quantitative estimate of drug-likeness (QED) is 0.573. The van der Waals surface area contributed by atoms with Crippen molar-refractivity contribution < 1.29 is 23.9 Å². The second-order valence-corrected chi connectivity index (χ2v) is 7.33. The van der Waals surface area contributed by atoms with E-state index >= 15 is 0 Å². The number of fused-ring (bicyclic) bond motifs is 1. The van der Waals surface area contributed by atoms with Crippen LogP contribution in [0.1, 0.15) is 44.6 Å². The van der Waals surface area contributed by atoms with Crippen molar-refractivity contribution in [3.63, 3.8) is 0 Å². The maximum atomic E-state index is 12.4. The van der Waals surface area contributed by atoms with E-state index in [1.165, 1.54) is 4.90 Å². The van der Waals surface area contributed by atoms with Gasteiger partial charge in [-0.1, -0.05) is 31.9 Å². The molecule has 2 aliphatic rings. The highest BCUT2D eigenvalue weighted by molar-refractivity contribution is 6.05. The van der Waals surface area contributed by atoms with Gasteiger partial charge in [0.15, 0.2) is 6.61 Å². The van der Waals surface area contributed by atoms with Crippen molar-refractivity contribution in [2.45, 2.75) is 45.4 Å². The molecule has 1 N–H and O–H groups in total. The first kappa shape index (κ1) is 20.0. The lowest BCUT2D eigenvalue weighted by Gasteiger charge is -2.19. The number of esters is 1. The Kier molecular flexibility index (Phi) is 6.44. The van der Waals surface area contributed by atoms with Gasteiger partial charge in [-0.15, -0.1) is 0 Å². The Bertz CT molecular complexity index is 735. The van der Waals surface area contributed by atoms with E-state index in [0.717, 1.165) is 37.7 Å². The molecule has 1 aromatic carbocycles. The van der Waals surface area contributed by atoms with E-state index in [2.05, 4.69) is 5.32 Å². The first-order valence-electron chi connectivity index (χ1n) is 9.89. The molecule has 1 aromatic rings. The van der Waals surface area contributed by atoms with Crippen LogP contribution in [0.25, 0.3) is 0 Å². The van der Waals surface area contributed by atoms with E-state index in [4.69, 9.17) is 4.74 Å². The molecule has 2 atom stereocenters. The Morgan fingerprint density at radius 1 is 1.07 bits per heavy atom. The number of imide groups is 1. The predicted octanol–water partition coefficient (Wildman–Crippen LogP) is 2.30. The van der Waals surface area contributed by atoms with Gasteiger partial charge in [0.1, 0.15) is 0 Å². The van der Waals surface area contributed by atoms with E-state index in [-0.39, 0.29) is 36.6 Å². The number of aryl methyl sites for hydroxylation is 1. The number of benzene rings is 1. The molecule has 2 fully saturated rings. The molecule has 7 heteroatoms. The lowest BCUT2D eigenvalue weighted by molar-refractivity contribution is -0.148. The van der Waals surface area contributed by atoms with E-state index in [1.54, 1.807) is 12.1 Å². The number of hydrogen-bond donors (Lipinski definition) is 1. The lowest BCUT2D eigenvalue weighted by Crippen LogP contribution is -2.33. The molecule has 1 heterocycles. The Labute approximate surface area is 164 Å². The number of hydrogen-bond acceptors (Lipinski definition) is 5. The average molecular weight is 386 g/mol. The molecule has 3 amide bonds. The zero-order chi connectivity index (χ0) is 20.1. The first-order valence-corrected chi connectivity index (χ1v) is 9.89. The summed E-state index contributed by atoms with van der Waals surface area (Å²) in [7, 11) is 0. The minimum atomic E-state index is -0.605. The second-order valence-electron chi connectivity index (χ2n) is 7.33. The molecule has 1 aliphatic heterocycles. The van der Waals surface area contributed by atoms with Crippen LogP contribution in [0, 0.1) is 11.8 Å². The maximum Gasteiger partial charge on any atom is 0.308 e. The maximum absolute atomic E-state index is 12.4. The molecule has 0 unspecified atom stereocenters. The van der Waals surface area contributed by atoms with Crippen molar-refractivity contribution in [3.05, 3.63) is 29.8 Å². The SMILES string of the molecule is CCc1ccc(NC(=O)COC(=O)CCN2C(=O)[C@H]3CCCC[C@H]3C2=O)cc1. The molecule has 0 aromatic heterocycles. The Hall–Kier alpha value is -2.70. The minimum Gasteiger partial charge on any atom is -0.456 e. The van der Waals surface area contributed by atoms with Crippen LogP contribution in [0.15, 0.2) is 24.3 Å². The van der Waals surface area contributed by atoms with Crippen LogP contribution in [0.5, 0.6) is 0 Å². The number of likely N-dealkylation sites (tertiary alicyclic amines) is 1. The smallest absolute Gasteiger partial charge is 0.308 e. The van der Waals surface area contributed by atoms with Gasteiger partial charge in [0.25, 0.3) is 5.91 Å². The van der Waals surface area contributed by atoms with Crippen LogP contribution in [0.3, 0.4) is 0 Å². The van der Waals surface area contributed by atoms with Crippen LogP contribution in [0.2, 0.25) is 0 Å². The molecule has 0 spiro atoms. The Balaban J connectivity index is 1.41. The van der Waals surface area contributed by atoms with E-state index < -0.39 is 18.5 Å². The van der Waals surface area contributed by atoms with Crippen molar-refractivity contribution in [2.24, 2.45) is 11.8 Å². The van der Waals surface area contributed by atoms with Gasteiger partial charge in [0.2, 0.25) is 11.8 Å². The topological polar surface area (TPSA) is 92.8 Å². The van der Waals surface area contributed by atoms with Gasteiger partial charge < -0.3 is 10.1 Å². The second kappa shape index (κ2) is 8.99. The summed E-state index contributed by atoms with van der Waals surface area (Å²) < 4.78 is 4.97. The van der Waals surface area contributed by atoms with Crippen molar-refractivity contribution in [3.8, 4) is 0 Å². The van der Waals surface area contributed by atoms with Crippen molar-refractivity contribution >= 4 is 29.4 Å². The molecule has 0 radical (unpaired) electrons. The summed E-state index contributed by atoms with van der Waals surface area (Å²) in [6, 6.07) is 7.43. The van der Waals surface area contributed by atoms with Gasteiger partial charge in [-0.2, -0.15) is 0 Å². The fraction of sp³-hybridized carbons (Fsp3) is 0.524. The molecule has 1 saturated carbocycles. The fourth-order valence-electron chi connectivity index (χ4n) is 3.89. The van der Waals surface area contributed by atoms with Gasteiger partial charge in [-0.3, -0.25) is 24.1 Å². The predicted molar refractivity (Wildman–Crippen MR) is 102 cm³/mol. The summed E-state index contributed by atoms with van der Waals surface area (Å²) in [5.41, 5.74) is 1.80. The largest absolute Gasteiger partial charge is 0.456 e. The summed E-state index contributed by atoms with van der Waals surface area (Å²) in [6.07, 6.45) is 4.23. The molecule has 7 nitrogen and oxygen atoms in total. The number of carbonyl (C=O) groups excluding carboxylic acids is 4. The summed E-state index contributed by atoms with van der Waals surface area (Å²) in [4.78, 5) is 49.7. The Morgan fingerprint density at radius 2 is 1.68 bits per heavy atom. The van der Waals surface area contributed by atoms with E-state index in [0.29, 0.717) is 5.69 Å². The van der Waals surface area contributed by atoms with Gasteiger partial charge in [-0.05, 0) is 37.0 Å². The highest BCUT2D eigenvalue weighted by atomic mass is 16.5. The van der Waals surface area contributed by atoms with Crippen LogP contribution >= 0.6 is 0 Å². The van der Waals surface area contributed by atoms with Crippen molar-refractivity contribution in [1.29, 1.82) is 0 Å².